The Morgan fingerprint density at radius 3 is 2.75 bits per heavy atom. The largest absolute Gasteiger partial charge is 0.389 e. The molecule has 1 aliphatic carbocycles. The summed E-state index contributed by atoms with van der Waals surface area (Å²) >= 11 is 3.46. The fraction of sp³-hybridized carbons (Fsp3) is 0.538. The first kappa shape index (κ1) is 12.1. The molecule has 0 spiro atoms. The van der Waals surface area contributed by atoms with E-state index in [1.54, 1.807) is 0 Å². The molecule has 0 atom stereocenters. The SMILES string of the molecule is Cc1cc(Br)ccc1CNCC1(O)CCC1. The maximum absolute atomic E-state index is 9.93. The highest BCUT2D eigenvalue weighted by molar-refractivity contribution is 9.10. The molecule has 0 amide bonds. The molecular weight excluding hydrogens is 266 g/mol. The summed E-state index contributed by atoms with van der Waals surface area (Å²) < 4.78 is 1.12. The van der Waals surface area contributed by atoms with Gasteiger partial charge >= 0.3 is 0 Å². The van der Waals surface area contributed by atoms with Gasteiger partial charge in [-0.2, -0.15) is 0 Å². The molecule has 0 radical (unpaired) electrons. The van der Waals surface area contributed by atoms with Crippen LogP contribution >= 0.6 is 15.9 Å². The molecule has 1 saturated carbocycles. The van der Waals surface area contributed by atoms with Crippen molar-refractivity contribution >= 4 is 15.9 Å². The van der Waals surface area contributed by atoms with Crippen molar-refractivity contribution in [1.82, 2.24) is 5.32 Å². The number of aryl methyl sites for hydroxylation is 1. The molecule has 0 heterocycles. The zero-order chi connectivity index (χ0) is 11.6. The topological polar surface area (TPSA) is 32.3 Å². The fourth-order valence-electron chi connectivity index (χ4n) is 2.05. The first-order valence-electron chi connectivity index (χ1n) is 5.77. The Kier molecular flexibility index (Phi) is 3.67. The number of aliphatic hydroxyl groups is 1. The van der Waals surface area contributed by atoms with Gasteiger partial charge in [-0.05, 0) is 49.4 Å². The van der Waals surface area contributed by atoms with E-state index in [2.05, 4.69) is 46.4 Å². The van der Waals surface area contributed by atoms with Crippen molar-refractivity contribution in [2.45, 2.75) is 38.3 Å². The smallest absolute Gasteiger partial charge is 0.0771 e. The van der Waals surface area contributed by atoms with Gasteiger partial charge in [0.25, 0.3) is 0 Å². The Bertz CT molecular complexity index is 374. The van der Waals surface area contributed by atoms with Gasteiger partial charge in [-0.1, -0.05) is 22.0 Å². The first-order chi connectivity index (χ1) is 7.59. The van der Waals surface area contributed by atoms with Crippen molar-refractivity contribution in [3.63, 3.8) is 0 Å². The lowest BCUT2D eigenvalue weighted by Crippen LogP contribution is -2.46. The molecule has 1 aliphatic rings. The standard InChI is InChI=1S/C13H18BrNO/c1-10-7-12(14)4-3-11(10)8-15-9-13(16)5-2-6-13/h3-4,7,15-16H,2,5-6,8-9H2,1H3. The van der Waals surface area contributed by atoms with Crippen LogP contribution in [0.4, 0.5) is 0 Å². The Hall–Kier alpha value is -0.380. The van der Waals surface area contributed by atoms with Crippen LogP contribution in [0.25, 0.3) is 0 Å². The maximum atomic E-state index is 9.93. The number of hydrogen-bond donors (Lipinski definition) is 2. The first-order valence-corrected chi connectivity index (χ1v) is 6.56. The lowest BCUT2D eigenvalue weighted by molar-refractivity contribution is -0.0314. The van der Waals surface area contributed by atoms with E-state index in [0.717, 1.165) is 30.3 Å². The maximum Gasteiger partial charge on any atom is 0.0771 e. The minimum Gasteiger partial charge on any atom is -0.389 e. The lowest BCUT2D eigenvalue weighted by atomic mass is 9.80. The summed E-state index contributed by atoms with van der Waals surface area (Å²) in [4.78, 5) is 0. The van der Waals surface area contributed by atoms with Gasteiger partial charge in [0, 0.05) is 17.6 Å². The normalized spacial score (nSPS) is 18.2. The summed E-state index contributed by atoms with van der Waals surface area (Å²) in [6.07, 6.45) is 3.05. The molecule has 0 aromatic heterocycles. The van der Waals surface area contributed by atoms with Gasteiger partial charge in [0.05, 0.1) is 5.60 Å². The van der Waals surface area contributed by atoms with Gasteiger partial charge in [-0.3, -0.25) is 0 Å². The third-order valence-electron chi connectivity index (χ3n) is 3.36. The molecular formula is C13H18BrNO. The van der Waals surface area contributed by atoms with Crippen molar-refractivity contribution in [1.29, 1.82) is 0 Å². The van der Waals surface area contributed by atoms with Gasteiger partial charge in [0.15, 0.2) is 0 Å². The van der Waals surface area contributed by atoms with E-state index in [4.69, 9.17) is 0 Å². The van der Waals surface area contributed by atoms with E-state index >= 15 is 0 Å². The number of halogens is 1. The average Bonchev–Trinajstić information content (AvgIpc) is 2.19. The average molecular weight is 284 g/mol. The van der Waals surface area contributed by atoms with Crippen molar-refractivity contribution in [2.24, 2.45) is 0 Å². The van der Waals surface area contributed by atoms with Crippen LogP contribution in [-0.4, -0.2) is 17.3 Å². The summed E-state index contributed by atoms with van der Waals surface area (Å²) in [6, 6.07) is 6.30. The monoisotopic (exact) mass is 283 g/mol. The highest BCUT2D eigenvalue weighted by atomic mass is 79.9. The highest BCUT2D eigenvalue weighted by Gasteiger charge is 2.33. The summed E-state index contributed by atoms with van der Waals surface area (Å²) in [7, 11) is 0. The predicted octanol–water partition coefficient (Wildman–Crippen LogP) is 2.76. The van der Waals surface area contributed by atoms with Crippen LogP contribution in [0.2, 0.25) is 0 Å². The number of hydrogen-bond acceptors (Lipinski definition) is 2. The van der Waals surface area contributed by atoms with E-state index in [-0.39, 0.29) is 0 Å². The van der Waals surface area contributed by atoms with Gasteiger partial charge in [0.2, 0.25) is 0 Å². The van der Waals surface area contributed by atoms with Crippen LogP contribution in [0.5, 0.6) is 0 Å². The molecule has 1 fully saturated rings. The van der Waals surface area contributed by atoms with Crippen LogP contribution in [0.15, 0.2) is 22.7 Å². The second kappa shape index (κ2) is 4.86. The second-order valence-electron chi connectivity index (χ2n) is 4.75. The quantitative estimate of drug-likeness (QED) is 0.891. The van der Waals surface area contributed by atoms with Gasteiger partial charge in [0.1, 0.15) is 0 Å². The molecule has 88 valence electrons. The van der Waals surface area contributed by atoms with Crippen molar-refractivity contribution < 1.29 is 5.11 Å². The van der Waals surface area contributed by atoms with Crippen LogP contribution in [0, 0.1) is 6.92 Å². The Morgan fingerprint density at radius 2 is 2.19 bits per heavy atom. The molecule has 3 heteroatoms. The van der Waals surface area contributed by atoms with E-state index in [1.165, 1.54) is 11.1 Å². The molecule has 0 bridgehead atoms. The van der Waals surface area contributed by atoms with Crippen molar-refractivity contribution in [3.05, 3.63) is 33.8 Å². The van der Waals surface area contributed by atoms with Gasteiger partial charge < -0.3 is 10.4 Å². The summed E-state index contributed by atoms with van der Waals surface area (Å²) in [5.74, 6) is 0. The van der Waals surface area contributed by atoms with Gasteiger partial charge in [-0.15, -0.1) is 0 Å². The number of nitrogens with one attached hydrogen (secondary N) is 1. The molecule has 2 nitrogen and oxygen atoms in total. The molecule has 16 heavy (non-hydrogen) atoms. The summed E-state index contributed by atoms with van der Waals surface area (Å²) in [5.41, 5.74) is 2.15. The van der Waals surface area contributed by atoms with E-state index < -0.39 is 5.60 Å². The second-order valence-corrected chi connectivity index (χ2v) is 5.67. The van der Waals surface area contributed by atoms with Crippen LogP contribution in [0.1, 0.15) is 30.4 Å². The molecule has 0 saturated heterocycles. The van der Waals surface area contributed by atoms with Crippen LogP contribution < -0.4 is 5.32 Å². The number of rotatable bonds is 4. The van der Waals surface area contributed by atoms with E-state index in [0.29, 0.717) is 6.54 Å². The van der Waals surface area contributed by atoms with Gasteiger partial charge in [-0.25, -0.2) is 0 Å². The minimum absolute atomic E-state index is 0.427. The zero-order valence-corrected chi connectivity index (χ0v) is 11.2. The van der Waals surface area contributed by atoms with Crippen LogP contribution in [0.3, 0.4) is 0 Å². The predicted molar refractivity (Wildman–Crippen MR) is 69.4 cm³/mol. The molecule has 2 rings (SSSR count). The minimum atomic E-state index is -0.427. The molecule has 1 aromatic carbocycles. The Balaban J connectivity index is 1.85. The number of benzene rings is 1. The zero-order valence-electron chi connectivity index (χ0n) is 9.59. The third-order valence-corrected chi connectivity index (χ3v) is 3.85. The molecule has 0 aliphatic heterocycles. The Labute approximate surface area is 105 Å². The molecule has 2 N–H and O–H groups in total. The van der Waals surface area contributed by atoms with Crippen LogP contribution in [-0.2, 0) is 6.54 Å². The summed E-state index contributed by atoms with van der Waals surface area (Å²) in [5, 5.41) is 13.3. The van der Waals surface area contributed by atoms with Crippen molar-refractivity contribution in [2.75, 3.05) is 6.54 Å². The van der Waals surface area contributed by atoms with E-state index in [1.807, 2.05) is 0 Å². The fourth-order valence-corrected chi connectivity index (χ4v) is 2.52. The molecule has 1 aromatic rings. The highest BCUT2D eigenvalue weighted by Crippen LogP contribution is 2.30. The Morgan fingerprint density at radius 1 is 1.44 bits per heavy atom. The van der Waals surface area contributed by atoms with E-state index in [9.17, 15) is 5.11 Å². The summed E-state index contributed by atoms with van der Waals surface area (Å²) in [6.45, 7) is 3.66. The lowest BCUT2D eigenvalue weighted by Gasteiger charge is -2.36. The van der Waals surface area contributed by atoms with Crippen molar-refractivity contribution in [3.8, 4) is 0 Å². The third kappa shape index (κ3) is 2.84. The molecule has 0 unspecified atom stereocenters.